The topological polar surface area (TPSA) is 56.5 Å². The summed E-state index contributed by atoms with van der Waals surface area (Å²) in [7, 11) is 1.54. The van der Waals surface area contributed by atoms with Crippen LogP contribution in [0.5, 0.6) is 5.95 Å². The molecule has 0 radical (unpaired) electrons. The summed E-state index contributed by atoms with van der Waals surface area (Å²) in [4.78, 5) is 24.9. The normalized spacial score (nSPS) is 31.9. The smallest absolute Gasteiger partial charge is 0.291 e. The van der Waals surface area contributed by atoms with Crippen LogP contribution in [0.4, 0.5) is 0 Å². The van der Waals surface area contributed by atoms with Crippen LogP contribution in [-0.4, -0.2) is 12.9 Å². The maximum Gasteiger partial charge on any atom is 0.291 e. The van der Waals surface area contributed by atoms with Crippen LogP contribution in [0.3, 0.4) is 0 Å². The summed E-state index contributed by atoms with van der Waals surface area (Å²) in [6.45, 7) is 16.2. The van der Waals surface area contributed by atoms with Gasteiger partial charge in [0.2, 0.25) is 0 Å². The summed E-state index contributed by atoms with van der Waals surface area (Å²) in [5.41, 5.74) is 3.36. The standard InChI is InChI=1S/C25H34O4/c1-10-18(26)13(2)11-14(3)19-15(4)12-24(7)21(19)25(24,8)22-16(5)20(27)17(6)23(28-9)29-22/h11-13,19,21H,10H2,1-9H3/b14-11+/t13-,19-,21+,24-,25+/m1/s1. The second kappa shape index (κ2) is 7.00. The van der Waals surface area contributed by atoms with Crippen LogP contribution < -0.4 is 10.2 Å². The predicted molar refractivity (Wildman–Crippen MR) is 115 cm³/mol. The van der Waals surface area contributed by atoms with E-state index in [0.717, 1.165) is 5.76 Å². The SMILES string of the molecule is CCC(=O)[C@H](C)/C=C(\C)[C@@H]1C(C)=C[C@]2(C)[C@H]1[C@@]2(C)c1oc(OC)c(C)c(=O)c1C. The number of allylic oxidation sites excluding steroid dienone is 4. The Morgan fingerprint density at radius 1 is 1.28 bits per heavy atom. The van der Waals surface area contributed by atoms with Gasteiger partial charge in [-0.2, -0.15) is 0 Å². The first kappa shape index (κ1) is 21.6. The van der Waals surface area contributed by atoms with Crippen molar-refractivity contribution in [1.29, 1.82) is 0 Å². The van der Waals surface area contributed by atoms with Gasteiger partial charge in [0.25, 0.3) is 5.95 Å². The lowest BCUT2D eigenvalue weighted by atomic mass is 9.81. The van der Waals surface area contributed by atoms with Crippen LogP contribution in [0, 0.1) is 37.0 Å². The third kappa shape index (κ3) is 2.86. The molecule has 1 saturated carbocycles. The van der Waals surface area contributed by atoms with Crippen LogP contribution in [-0.2, 0) is 10.2 Å². The summed E-state index contributed by atoms with van der Waals surface area (Å²) in [6, 6.07) is 0. The number of hydrogen-bond acceptors (Lipinski definition) is 4. The quantitative estimate of drug-likeness (QED) is 0.611. The van der Waals surface area contributed by atoms with Gasteiger partial charge in [-0.15, -0.1) is 0 Å². The van der Waals surface area contributed by atoms with Gasteiger partial charge in [-0.1, -0.05) is 51.0 Å². The van der Waals surface area contributed by atoms with E-state index >= 15 is 0 Å². The molecular formula is C25H34O4. The van der Waals surface area contributed by atoms with Crippen LogP contribution in [0.1, 0.15) is 64.9 Å². The summed E-state index contributed by atoms with van der Waals surface area (Å²) in [5, 5.41) is 0. The van der Waals surface area contributed by atoms with E-state index in [2.05, 4.69) is 39.8 Å². The van der Waals surface area contributed by atoms with Gasteiger partial charge in [-0.25, -0.2) is 0 Å². The van der Waals surface area contributed by atoms with Crippen molar-refractivity contribution in [2.75, 3.05) is 7.11 Å². The molecule has 5 atom stereocenters. The molecule has 0 bridgehead atoms. The number of hydrogen-bond donors (Lipinski definition) is 0. The van der Waals surface area contributed by atoms with Gasteiger partial charge >= 0.3 is 0 Å². The Labute approximate surface area is 174 Å². The average Bonchev–Trinajstić information content (AvgIpc) is 2.98. The lowest BCUT2D eigenvalue weighted by molar-refractivity contribution is -0.120. The molecule has 0 unspecified atom stereocenters. The minimum atomic E-state index is -0.283. The zero-order chi connectivity index (χ0) is 21.9. The van der Waals surface area contributed by atoms with E-state index in [4.69, 9.17) is 9.15 Å². The molecule has 2 aliphatic rings. The van der Waals surface area contributed by atoms with Gasteiger partial charge in [0, 0.05) is 34.7 Å². The average molecular weight is 399 g/mol. The number of rotatable bonds is 6. The fraction of sp³-hybridized carbons (Fsp3) is 0.600. The monoisotopic (exact) mass is 398 g/mol. The Kier molecular flexibility index (Phi) is 5.21. The zero-order valence-corrected chi connectivity index (χ0v) is 19.2. The second-order valence-corrected chi connectivity index (χ2v) is 9.35. The van der Waals surface area contributed by atoms with Crippen molar-refractivity contribution in [2.45, 2.75) is 67.2 Å². The van der Waals surface area contributed by atoms with Crippen molar-refractivity contribution in [1.82, 2.24) is 0 Å². The first-order chi connectivity index (χ1) is 13.4. The highest BCUT2D eigenvalue weighted by Crippen LogP contribution is 2.78. The number of carbonyl (C=O) groups excluding carboxylic acids is 1. The maximum absolute atomic E-state index is 12.8. The van der Waals surface area contributed by atoms with E-state index in [1.165, 1.54) is 18.3 Å². The van der Waals surface area contributed by atoms with Crippen molar-refractivity contribution in [3.05, 3.63) is 50.4 Å². The van der Waals surface area contributed by atoms with Crippen molar-refractivity contribution < 1.29 is 13.9 Å². The third-order valence-electron chi connectivity index (χ3n) is 7.69. The van der Waals surface area contributed by atoms with E-state index in [0.29, 0.717) is 29.4 Å². The molecule has 0 aromatic carbocycles. The first-order valence-corrected chi connectivity index (χ1v) is 10.5. The Hall–Kier alpha value is -2.10. The molecule has 4 nitrogen and oxygen atoms in total. The molecular weight excluding hydrogens is 364 g/mol. The van der Waals surface area contributed by atoms with Crippen molar-refractivity contribution in [3.8, 4) is 5.95 Å². The highest BCUT2D eigenvalue weighted by Gasteiger charge is 2.77. The molecule has 0 aliphatic heterocycles. The fourth-order valence-electron chi connectivity index (χ4n) is 5.95. The summed E-state index contributed by atoms with van der Waals surface area (Å²) in [5.74, 6) is 1.76. The van der Waals surface area contributed by atoms with Crippen LogP contribution >= 0.6 is 0 Å². The first-order valence-electron chi connectivity index (χ1n) is 10.5. The molecule has 158 valence electrons. The second-order valence-electron chi connectivity index (χ2n) is 9.35. The lowest BCUT2D eigenvalue weighted by Crippen LogP contribution is -2.23. The van der Waals surface area contributed by atoms with Crippen LogP contribution in [0.25, 0.3) is 0 Å². The number of fused-ring (bicyclic) bond motifs is 1. The molecule has 1 heterocycles. The van der Waals surface area contributed by atoms with Gasteiger partial charge in [0.1, 0.15) is 11.5 Å². The van der Waals surface area contributed by atoms with Crippen LogP contribution in [0.15, 0.2) is 32.5 Å². The van der Waals surface area contributed by atoms with Gasteiger partial charge in [-0.05, 0) is 33.6 Å². The third-order valence-corrected chi connectivity index (χ3v) is 7.69. The number of ether oxygens (including phenoxy) is 1. The van der Waals surface area contributed by atoms with Crippen molar-refractivity contribution >= 4 is 5.78 Å². The Bertz CT molecular complexity index is 979. The van der Waals surface area contributed by atoms with Crippen molar-refractivity contribution in [2.24, 2.45) is 23.2 Å². The maximum atomic E-state index is 12.8. The lowest BCUT2D eigenvalue weighted by Gasteiger charge is -2.24. The highest BCUT2D eigenvalue weighted by molar-refractivity contribution is 5.82. The molecule has 1 aromatic heterocycles. The molecule has 1 fully saturated rings. The summed E-state index contributed by atoms with van der Waals surface area (Å²) < 4.78 is 11.5. The molecule has 29 heavy (non-hydrogen) atoms. The number of methoxy groups -OCH3 is 1. The fourth-order valence-corrected chi connectivity index (χ4v) is 5.95. The van der Waals surface area contributed by atoms with Gasteiger partial charge in [0.05, 0.1) is 12.7 Å². The van der Waals surface area contributed by atoms with Gasteiger partial charge < -0.3 is 9.15 Å². The Balaban J connectivity index is 2.08. The minimum absolute atomic E-state index is 0.00965. The molecule has 0 spiro atoms. The molecule has 2 aliphatic carbocycles. The van der Waals surface area contributed by atoms with E-state index in [-0.39, 0.29) is 33.9 Å². The number of ketones is 1. The van der Waals surface area contributed by atoms with Gasteiger partial charge in [0.15, 0.2) is 5.43 Å². The van der Waals surface area contributed by atoms with Crippen molar-refractivity contribution in [3.63, 3.8) is 0 Å². The molecule has 0 N–H and O–H groups in total. The molecule has 0 amide bonds. The Morgan fingerprint density at radius 2 is 1.90 bits per heavy atom. The predicted octanol–water partition coefficient (Wildman–Crippen LogP) is 5.30. The largest absolute Gasteiger partial charge is 0.468 e. The molecule has 3 rings (SSSR count). The van der Waals surface area contributed by atoms with Crippen LogP contribution in [0.2, 0.25) is 0 Å². The van der Waals surface area contributed by atoms with E-state index in [9.17, 15) is 9.59 Å². The van der Waals surface area contributed by atoms with Gasteiger partial charge in [-0.3, -0.25) is 9.59 Å². The minimum Gasteiger partial charge on any atom is -0.468 e. The number of Topliss-reactive ketones (excluding diaryl/α,β-unsaturated/α-hetero) is 1. The van der Waals surface area contributed by atoms with E-state index in [1.54, 1.807) is 6.92 Å². The summed E-state index contributed by atoms with van der Waals surface area (Å²) in [6.07, 6.45) is 5.02. The Morgan fingerprint density at radius 3 is 2.45 bits per heavy atom. The zero-order valence-electron chi connectivity index (χ0n) is 19.2. The number of carbonyl (C=O) groups is 1. The molecule has 1 aromatic rings. The molecule has 0 saturated heterocycles. The molecule has 4 heteroatoms. The highest BCUT2D eigenvalue weighted by atomic mass is 16.6. The van der Waals surface area contributed by atoms with E-state index < -0.39 is 0 Å². The van der Waals surface area contributed by atoms with E-state index in [1.807, 2.05) is 20.8 Å². The summed E-state index contributed by atoms with van der Waals surface area (Å²) >= 11 is 0.